The zero-order valence-corrected chi connectivity index (χ0v) is 11.3. The van der Waals surface area contributed by atoms with Gasteiger partial charge in [-0.05, 0) is 31.2 Å². The number of hydrogen-bond donors (Lipinski definition) is 0. The smallest absolute Gasteiger partial charge is 0.223 e. The number of hydrogen-bond acceptors (Lipinski definition) is 4. The van der Waals surface area contributed by atoms with E-state index in [1.165, 1.54) is 11.2 Å². The van der Waals surface area contributed by atoms with Gasteiger partial charge in [-0.2, -0.15) is 0 Å². The van der Waals surface area contributed by atoms with Gasteiger partial charge in [0.1, 0.15) is 0 Å². The van der Waals surface area contributed by atoms with E-state index in [1.807, 2.05) is 12.1 Å². The van der Waals surface area contributed by atoms with E-state index in [1.54, 1.807) is 30.0 Å². The molecule has 0 amide bonds. The number of allylic oxidation sites excluding steroid dienone is 1. The number of ketones is 1. The van der Waals surface area contributed by atoms with E-state index in [2.05, 4.69) is 24.0 Å². The van der Waals surface area contributed by atoms with Crippen LogP contribution in [0.1, 0.15) is 17.5 Å². The molecule has 0 saturated carbocycles. The maximum Gasteiger partial charge on any atom is 0.223 e. The van der Waals surface area contributed by atoms with Crippen LogP contribution in [0.5, 0.6) is 0 Å². The molecule has 1 aliphatic heterocycles. The molecular weight excluding hydrogens is 258 g/mol. The largest absolute Gasteiger partial charge is 0.461 e. The zero-order chi connectivity index (χ0) is 13.2. The lowest BCUT2D eigenvalue weighted by Crippen LogP contribution is -2.17. The summed E-state index contributed by atoms with van der Waals surface area (Å²) in [6.45, 7) is 2.91. The molecule has 2 heterocycles. The Hall–Kier alpha value is -1.94. The highest BCUT2D eigenvalue weighted by molar-refractivity contribution is 8.03. The van der Waals surface area contributed by atoms with Gasteiger partial charge in [0, 0.05) is 17.5 Å². The van der Waals surface area contributed by atoms with Crippen molar-refractivity contribution in [3.8, 4) is 0 Å². The van der Waals surface area contributed by atoms with Crippen molar-refractivity contribution < 1.29 is 9.21 Å². The van der Waals surface area contributed by atoms with Crippen molar-refractivity contribution in [1.82, 2.24) is 0 Å². The molecule has 0 radical (unpaired) electrons. The number of fused-ring (bicyclic) bond motifs is 1. The molecule has 1 aliphatic rings. The predicted octanol–water partition coefficient (Wildman–Crippen LogP) is 3.94. The third-order valence-electron chi connectivity index (χ3n) is 2.97. The highest BCUT2D eigenvalue weighted by atomic mass is 32.2. The molecule has 0 bridgehead atoms. The van der Waals surface area contributed by atoms with E-state index in [-0.39, 0.29) is 5.78 Å². The summed E-state index contributed by atoms with van der Waals surface area (Å²) >= 11 is 1.62. The van der Waals surface area contributed by atoms with E-state index < -0.39 is 0 Å². The molecule has 19 heavy (non-hydrogen) atoms. The molecule has 2 aromatic rings. The van der Waals surface area contributed by atoms with Crippen LogP contribution < -0.4 is 4.90 Å². The Morgan fingerprint density at radius 3 is 2.89 bits per heavy atom. The van der Waals surface area contributed by atoms with Crippen LogP contribution in [-0.2, 0) is 0 Å². The topological polar surface area (TPSA) is 33.5 Å². The minimum atomic E-state index is -0.0984. The first-order valence-electron chi connectivity index (χ1n) is 6.13. The van der Waals surface area contributed by atoms with E-state index in [4.69, 9.17) is 4.42 Å². The Bertz CT molecular complexity index is 631. The molecule has 0 aliphatic carbocycles. The summed E-state index contributed by atoms with van der Waals surface area (Å²) < 4.78 is 5.13. The van der Waals surface area contributed by atoms with Gasteiger partial charge in [-0.1, -0.05) is 23.9 Å². The number of rotatable bonds is 3. The molecule has 0 saturated heterocycles. The van der Waals surface area contributed by atoms with Crippen molar-refractivity contribution >= 4 is 23.2 Å². The van der Waals surface area contributed by atoms with E-state index in [0.717, 1.165) is 17.3 Å². The Labute approximate surface area is 115 Å². The monoisotopic (exact) mass is 271 g/mol. The van der Waals surface area contributed by atoms with E-state index in [9.17, 15) is 4.79 Å². The maximum absolute atomic E-state index is 12.1. The van der Waals surface area contributed by atoms with Crippen LogP contribution in [0.3, 0.4) is 0 Å². The first kappa shape index (κ1) is 12.1. The third kappa shape index (κ3) is 2.19. The Balaban J connectivity index is 1.93. The second-order valence-corrected chi connectivity index (χ2v) is 5.20. The Morgan fingerprint density at radius 1 is 1.32 bits per heavy atom. The average Bonchev–Trinajstić information content (AvgIpc) is 3.05. The van der Waals surface area contributed by atoms with Gasteiger partial charge in [0.15, 0.2) is 5.76 Å². The molecule has 1 aromatic heterocycles. The lowest BCUT2D eigenvalue weighted by molar-refractivity contribution is 0.102. The number of carbonyl (C=O) groups is 1. The van der Waals surface area contributed by atoms with Crippen LogP contribution in [0.15, 0.2) is 63.1 Å². The summed E-state index contributed by atoms with van der Waals surface area (Å²) in [6.07, 6.45) is 3.16. The molecular formula is C15H13NO2S. The summed E-state index contributed by atoms with van der Waals surface area (Å²) in [5, 5.41) is 0.949. The van der Waals surface area contributed by atoms with Gasteiger partial charge >= 0.3 is 0 Å². The fraction of sp³-hybridized carbons (Fsp3) is 0.133. The summed E-state index contributed by atoms with van der Waals surface area (Å²) in [5.74, 6) is 0.277. The van der Waals surface area contributed by atoms with E-state index in [0.29, 0.717) is 5.76 Å². The van der Waals surface area contributed by atoms with Gasteiger partial charge in [0.2, 0.25) is 5.78 Å². The number of thioether (sulfide) groups is 1. The number of anilines is 1. The van der Waals surface area contributed by atoms with Crippen LogP contribution >= 0.6 is 11.8 Å². The molecule has 96 valence electrons. The van der Waals surface area contributed by atoms with Gasteiger partial charge in [-0.25, -0.2) is 0 Å². The predicted molar refractivity (Wildman–Crippen MR) is 76.4 cm³/mol. The molecule has 3 nitrogen and oxygen atoms in total. The fourth-order valence-electron chi connectivity index (χ4n) is 2.09. The molecule has 0 unspecified atom stereocenters. The third-order valence-corrected chi connectivity index (χ3v) is 4.08. The summed E-state index contributed by atoms with van der Waals surface area (Å²) in [6, 6.07) is 11.6. The average molecular weight is 271 g/mol. The lowest BCUT2D eigenvalue weighted by Gasteiger charge is -2.17. The minimum absolute atomic E-state index is 0.0984. The summed E-state index contributed by atoms with van der Waals surface area (Å²) in [5.41, 5.74) is 1.16. The second-order valence-electron chi connectivity index (χ2n) is 4.14. The van der Waals surface area contributed by atoms with Gasteiger partial charge in [0.25, 0.3) is 0 Å². The van der Waals surface area contributed by atoms with Gasteiger partial charge in [-0.3, -0.25) is 4.79 Å². The van der Waals surface area contributed by atoms with Gasteiger partial charge < -0.3 is 9.32 Å². The Kier molecular flexibility index (Phi) is 3.17. The van der Waals surface area contributed by atoms with Crippen molar-refractivity contribution in [2.75, 3.05) is 11.4 Å². The lowest BCUT2D eigenvalue weighted by atomic mass is 10.2. The fourth-order valence-corrected chi connectivity index (χ4v) is 3.25. The molecule has 4 heteroatoms. The van der Waals surface area contributed by atoms with Crippen LogP contribution in [0, 0.1) is 0 Å². The normalized spacial score (nSPS) is 15.8. The van der Waals surface area contributed by atoms with Crippen molar-refractivity contribution in [2.24, 2.45) is 0 Å². The number of benzene rings is 1. The Morgan fingerprint density at radius 2 is 2.16 bits per heavy atom. The number of furan rings is 1. The van der Waals surface area contributed by atoms with Crippen LogP contribution in [-0.4, -0.2) is 12.3 Å². The first-order valence-corrected chi connectivity index (χ1v) is 6.95. The van der Waals surface area contributed by atoms with E-state index >= 15 is 0 Å². The number of nitrogens with zero attached hydrogens (tertiary/aromatic N) is 1. The number of carbonyl (C=O) groups excluding carboxylic acids is 1. The molecule has 0 atom stereocenters. The highest BCUT2D eigenvalue weighted by Gasteiger charge is 2.24. The first-order chi connectivity index (χ1) is 9.29. The second kappa shape index (κ2) is 4.97. The van der Waals surface area contributed by atoms with Crippen molar-refractivity contribution in [3.05, 3.63) is 59.5 Å². The summed E-state index contributed by atoms with van der Waals surface area (Å²) in [4.78, 5) is 15.4. The zero-order valence-electron chi connectivity index (χ0n) is 10.5. The van der Waals surface area contributed by atoms with Gasteiger partial charge in [0.05, 0.1) is 17.0 Å². The van der Waals surface area contributed by atoms with Crippen molar-refractivity contribution in [3.63, 3.8) is 0 Å². The van der Waals surface area contributed by atoms with Gasteiger partial charge in [-0.15, -0.1) is 0 Å². The molecule has 1 aromatic carbocycles. The maximum atomic E-state index is 12.1. The molecule has 0 spiro atoms. The van der Waals surface area contributed by atoms with Crippen LogP contribution in [0.2, 0.25) is 0 Å². The van der Waals surface area contributed by atoms with Crippen molar-refractivity contribution in [1.29, 1.82) is 0 Å². The summed E-state index contributed by atoms with van der Waals surface area (Å²) in [7, 11) is 0. The standard InChI is InChI=1S/C15H13NO2S/c1-2-16-11-6-3-4-8-14(11)19-15(16)10-12(17)13-7-5-9-18-13/h3-10H,2H2,1H3/b15-10+. The molecule has 0 N–H and O–H groups in total. The van der Waals surface area contributed by atoms with Crippen LogP contribution in [0.25, 0.3) is 0 Å². The van der Waals surface area contributed by atoms with Crippen molar-refractivity contribution in [2.45, 2.75) is 11.8 Å². The highest BCUT2D eigenvalue weighted by Crippen LogP contribution is 2.45. The van der Waals surface area contributed by atoms with Crippen LogP contribution in [0.4, 0.5) is 5.69 Å². The number of para-hydroxylation sites is 1. The molecule has 0 fully saturated rings. The quantitative estimate of drug-likeness (QED) is 0.625. The SMILES string of the molecule is CCN1/C(=C\C(=O)c2ccco2)Sc2ccccc21. The minimum Gasteiger partial charge on any atom is -0.461 e. The molecule has 3 rings (SSSR count).